The first-order valence-corrected chi connectivity index (χ1v) is 9.91. The van der Waals surface area contributed by atoms with Crippen molar-refractivity contribution < 1.29 is 0 Å². The van der Waals surface area contributed by atoms with Crippen LogP contribution in [0.25, 0.3) is 0 Å². The Bertz CT molecular complexity index is 855. The fourth-order valence-electron chi connectivity index (χ4n) is 4.31. The van der Waals surface area contributed by atoms with Gasteiger partial charge in [0, 0.05) is 42.5 Å². The van der Waals surface area contributed by atoms with E-state index in [1.807, 2.05) is 12.4 Å². The number of aryl methyl sites for hydroxylation is 2. The molecule has 26 heavy (non-hydrogen) atoms. The van der Waals surface area contributed by atoms with Gasteiger partial charge in [0.25, 0.3) is 5.56 Å². The minimum absolute atomic E-state index is 0.0506. The fraction of sp³-hybridized carbons (Fsp3) is 0.600. The van der Waals surface area contributed by atoms with Crippen LogP contribution in [0.2, 0.25) is 0 Å². The summed E-state index contributed by atoms with van der Waals surface area (Å²) in [5.41, 5.74) is 3.49. The first-order chi connectivity index (χ1) is 12.8. The maximum Gasteiger partial charge on any atom is 0.267 e. The number of fused-ring (bicyclic) bond motifs is 1. The minimum atomic E-state index is 0.0506. The molecule has 0 N–H and O–H groups in total. The van der Waals surface area contributed by atoms with Gasteiger partial charge in [-0.25, -0.2) is 14.6 Å². The molecular weight excluding hydrogens is 326 g/mol. The van der Waals surface area contributed by atoms with Crippen LogP contribution < -0.4 is 5.56 Å². The Balaban J connectivity index is 1.29. The van der Waals surface area contributed by atoms with Crippen molar-refractivity contribution in [2.24, 2.45) is 0 Å². The van der Waals surface area contributed by atoms with E-state index in [-0.39, 0.29) is 5.56 Å². The van der Waals surface area contributed by atoms with E-state index in [4.69, 9.17) is 0 Å². The molecule has 6 nitrogen and oxygen atoms in total. The lowest BCUT2D eigenvalue weighted by atomic mass is 10.2. The molecule has 0 amide bonds. The summed E-state index contributed by atoms with van der Waals surface area (Å²) >= 11 is 0. The summed E-state index contributed by atoms with van der Waals surface area (Å²) in [4.78, 5) is 23.9. The summed E-state index contributed by atoms with van der Waals surface area (Å²) in [5.74, 6) is 1.60. The molecule has 1 saturated heterocycles. The van der Waals surface area contributed by atoms with Crippen LogP contribution in [0.1, 0.15) is 60.7 Å². The van der Waals surface area contributed by atoms with Gasteiger partial charge in [0.15, 0.2) is 0 Å². The third kappa shape index (κ3) is 3.18. The van der Waals surface area contributed by atoms with Crippen molar-refractivity contribution in [1.29, 1.82) is 0 Å². The molecule has 6 heteroatoms. The van der Waals surface area contributed by atoms with Crippen LogP contribution in [0.15, 0.2) is 23.3 Å². The fourth-order valence-corrected chi connectivity index (χ4v) is 4.31. The third-order valence-electron chi connectivity index (χ3n) is 5.96. The normalized spacial score (nSPS) is 22.7. The quantitative estimate of drug-likeness (QED) is 0.825. The molecule has 3 aliphatic rings. The van der Waals surface area contributed by atoms with E-state index in [0.29, 0.717) is 18.5 Å². The Morgan fingerprint density at radius 1 is 1.08 bits per heavy atom. The number of aromatic nitrogens is 4. The molecule has 3 heterocycles. The van der Waals surface area contributed by atoms with Gasteiger partial charge in [-0.05, 0) is 57.1 Å². The van der Waals surface area contributed by atoms with Crippen molar-refractivity contribution in [2.45, 2.75) is 70.0 Å². The molecule has 5 rings (SSSR count). The van der Waals surface area contributed by atoms with E-state index in [1.54, 1.807) is 10.7 Å². The molecule has 1 atom stereocenters. The highest BCUT2D eigenvalue weighted by Crippen LogP contribution is 2.37. The number of hydrogen-bond donors (Lipinski definition) is 0. The van der Waals surface area contributed by atoms with Gasteiger partial charge in [-0.15, -0.1) is 0 Å². The number of likely N-dealkylation sites (tertiary alicyclic amines) is 1. The highest BCUT2D eigenvalue weighted by Gasteiger charge is 2.28. The Morgan fingerprint density at radius 3 is 2.73 bits per heavy atom. The summed E-state index contributed by atoms with van der Waals surface area (Å²) in [6.07, 6.45) is 11.9. The van der Waals surface area contributed by atoms with Crippen LogP contribution in [0.3, 0.4) is 0 Å². The molecule has 1 saturated carbocycles. The van der Waals surface area contributed by atoms with Crippen molar-refractivity contribution in [3.8, 4) is 0 Å². The molecule has 0 aromatic carbocycles. The SMILES string of the molecule is O=c1cc2c(nn1CC1CCCN1Cc1cnc(C3CC3)nc1)CCC2. The van der Waals surface area contributed by atoms with Crippen molar-refractivity contribution in [2.75, 3.05) is 6.54 Å². The van der Waals surface area contributed by atoms with Crippen molar-refractivity contribution in [3.05, 3.63) is 51.5 Å². The van der Waals surface area contributed by atoms with Gasteiger partial charge >= 0.3 is 0 Å². The zero-order valence-corrected chi connectivity index (χ0v) is 15.1. The highest BCUT2D eigenvalue weighted by atomic mass is 16.1. The summed E-state index contributed by atoms with van der Waals surface area (Å²) < 4.78 is 1.69. The van der Waals surface area contributed by atoms with Crippen molar-refractivity contribution >= 4 is 0 Å². The number of rotatable bonds is 5. The smallest absolute Gasteiger partial charge is 0.267 e. The number of nitrogens with zero attached hydrogens (tertiary/aromatic N) is 5. The Labute approximate surface area is 153 Å². The van der Waals surface area contributed by atoms with Crippen LogP contribution in [-0.2, 0) is 25.9 Å². The summed E-state index contributed by atoms with van der Waals surface area (Å²) in [5, 5.41) is 4.65. The molecule has 1 unspecified atom stereocenters. The van der Waals surface area contributed by atoms with E-state index >= 15 is 0 Å². The first-order valence-electron chi connectivity index (χ1n) is 9.91. The average Bonchev–Trinajstić information content (AvgIpc) is 3.26. The van der Waals surface area contributed by atoms with Gasteiger partial charge in [0.2, 0.25) is 0 Å². The van der Waals surface area contributed by atoms with Gasteiger partial charge in [-0.2, -0.15) is 5.10 Å². The predicted molar refractivity (Wildman–Crippen MR) is 98.0 cm³/mol. The zero-order chi connectivity index (χ0) is 17.5. The van der Waals surface area contributed by atoms with Crippen LogP contribution in [0, 0.1) is 0 Å². The maximum atomic E-state index is 12.4. The Morgan fingerprint density at radius 2 is 1.92 bits per heavy atom. The molecule has 2 aliphatic carbocycles. The van der Waals surface area contributed by atoms with E-state index in [1.165, 1.54) is 19.3 Å². The van der Waals surface area contributed by atoms with E-state index < -0.39 is 0 Å². The standard InChI is InChI=1S/C20H25N5O/c26-19-9-16-3-1-5-18(16)23-25(19)13-17-4-2-8-24(17)12-14-10-21-20(22-11-14)15-6-7-15/h9-11,15,17H,1-8,12-13H2. The first kappa shape index (κ1) is 16.1. The van der Waals surface area contributed by atoms with Crippen LogP contribution in [0.4, 0.5) is 0 Å². The van der Waals surface area contributed by atoms with E-state index in [0.717, 1.165) is 61.4 Å². The molecule has 1 aliphatic heterocycles. The zero-order valence-electron chi connectivity index (χ0n) is 15.1. The topological polar surface area (TPSA) is 63.9 Å². The second-order valence-electron chi connectivity index (χ2n) is 7.98. The van der Waals surface area contributed by atoms with E-state index in [9.17, 15) is 4.79 Å². The van der Waals surface area contributed by atoms with Gasteiger partial charge in [-0.3, -0.25) is 9.69 Å². The molecular formula is C20H25N5O. The lowest BCUT2D eigenvalue weighted by Gasteiger charge is -2.24. The summed E-state index contributed by atoms with van der Waals surface area (Å²) in [7, 11) is 0. The largest absolute Gasteiger partial charge is 0.294 e. The predicted octanol–water partition coefficient (Wildman–Crippen LogP) is 2.06. The summed E-state index contributed by atoms with van der Waals surface area (Å²) in [6, 6.07) is 2.17. The lowest BCUT2D eigenvalue weighted by Crippen LogP contribution is -2.37. The van der Waals surface area contributed by atoms with Crippen LogP contribution in [0.5, 0.6) is 0 Å². The second kappa shape index (κ2) is 6.58. The minimum Gasteiger partial charge on any atom is -0.294 e. The Kier molecular flexibility index (Phi) is 4.08. The number of hydrogen-bond acceptors (Lipinski definition) is 5. The lowest BCUT2D eigenvalue weighted by molar-refractivity contribution is 0.216. The molecule has 2 aromatic rings. The highest BCUT2D eigenvalue weighted by molar-refractivity contribution is 5.22. The maximum absolute atomic E-state index is 12.4. The monoisotopic (exact) mass is 351 g/mol. The van der Waals surface area contributed by atoms with Gasteiger partial charge in [-0.1, -0.05) is 0 Å². The second-order valence-corrected chi connectivity index (χ2v) is 7.98. The molecule has 0 radical (unpaired) electrons. The molecule has 2 fully saturated rings. The molecule has 0 spiro atoms. The van der Waals surface area contributed by atoms with Crippen LogP contribution in [-0.4, -0.2) is 37.2 Å². The van der Waals surface area contributed by atoms with Gasteiger partial charge < -0.3 is 0 Å². The van der Waals surface area contributed by atoms with Gasteiger partial charge in [0.1, 0.15) is 5.82 Å². The third-order valence-corrected chi connectivity index (χ3v) is 5.96. The Hall–Kier alpha value is -2.08. The molecule has 136 valence electrons. The summed E-state index contributed by atoms with van der Waals surface area (Å²) in [6.45, 7) is 2.61. The average molecular weight is 351 g/mol. The van der Waals surface area contributed by atoms with Crippen LogP contribution >= 0.6 is 0 Å². The van der Waals surface area contributed by atoms with Gasteiger partial charge in [0.05, 0.1) is 12.2 Å². The van der Waals surface area contributed by atoms with E-state index in [2.05, 4.69) is 20.0 Å². The van der Waals surface area contributed by atoms with Crippen molar-refractivity contribution in [3.63, 3.8) is 0 Å². The van der Waals surface area contributed by atoms with Crippen molar-refractivity contribution in [1.82, 2.24) is 24.6 Å². The molecule has 0 bridgehead atoms. The molecule has 2 aromatic heterocycles.